The Morgan fingerprint density at radius 2 is 1.57 bits per heavy atom. The highest BCUT2D eigenvalue weighted by Gasteiger charge is 2.30. The van der Waals surface area contributed by atoms with Gasteiger partial charge in [-0.2, -0.15) is 0 Å². The summed E-state index contributed by atoms with van der Waals surface area (Å²) in [5.74, 6) is 1.000. The Morgan fingerprint density at radius 1 is 0.943 bits per heavy atom. The lowest BCUT2D eigenvalue weighted by Crippen LogP contribution is -2.54. The first-order valence-corrected chi connectivity index (χ1v) is 12.6. The van der Waals surface area contributed by atoms with E-state index in [9.17, 15) is 9.90 Å². The monoisotopic (exact) mass is 492 g/mol. The van der Waals surface area contributed by atoms with Gasteiger partial charge in [-0.05, 0) is 12.1 Å². The molecule has 3 fully saturated rings. The zero-order valence-electron chi connectivity index (χ0n) is 21.1. The van der Waals surface area contributed by atoms with Crippen molar-refractivity contribution in [2.75, 3.05) is 106 Å². The predicted molar refractivity (Wildman–Crippen MR) is 131 cm³/mol. The van der Waals surface area contributed by atoms with E-state index < -0.39 is 0 Å². The molecule has 10 nitrogen and oxygen atoms in total. The maximum absolute atomic E-state index is 13.2. The number of carbonyl (C=O) groups excluding carboxylic acids is 1. The van der Waals surface area contributed by atoms with Crippen molar-refractivity contribution >= 4 is 5.91 Å². The molecule has 3 heterocycles. The van der Waals surface area contributed by atoms with Crippen molar-refractivity contribution < 1.29 is 28.8 Å². The van der Waals surface area contributed by atoms with Crippen molar-refractivity contribution in [1.82, 2.24) is 19.6 Å². The van der Waals surface area contributed by atoms with E-state index >= 15 is 0 Å². The molecule has 1 aromatic rings. The first-order valence-electron chi connectivity index (χ1n) is 12.6. The summed E-state index contributed by atoms with van der Waals surface area (Å²) in [7, 11) is 3.14. The van der Waals surface area contributed by atoms with Crippen molar-refractivity contribution in [3.05, 3.63) is 23.8 Å². The molecule has 0 radical (unpaired) electrons. The fourth-order valence-electron chi connectivity index (χ4n) is 5.14. The lowest BCUT2D eigenvalue weighted by Gasteiger charge is -2.40. The molecule has 10 heteroatoms. The molecular formula is C25H40N4O6. The highest BCUT2D eigenvalue weighted by molar-refractivity contribution is 5.99. The smallest absolute Gasteiger partial charge is 0.261 e. The van der Waals surface area contributed by atoms with E-state index in [1.807, 2.05) is 11.0 Å². The average Bonchev–Trinajstić information content (AvgIpc) is 2.89. The normalized spacial score (nSPS) is 23.7. The fourth-order valence-corrected chi connectivity index (χ4v) is 5.14. The van der Waals surface area contributed by atoms with Crippen LogP contribution in [0.15, 0.2) is 18.2 Å². The molecule has 1 aromatic carbocycles. The lowest BCUT2D eigenvalue weighted by atomic mass is 10.1. The summed E-state index contributed by atoms with van der Waals surface area (Å²) in [6.07, 6.45) is -0.260. The number of benzene rings is 1. The molecule has 0 unspecified atom stereocenters. The molecule has 1 N–H and O–H groups in total. The summed E-state index contributed by atoms with van der Waals surface area (Å²) >= 11 is 0. The fraction of sp³-hybridized carbons (Fsp3) is 0.720. The van der Waals surface area contributed by atoms with E-state index in [1.54, 1.807) is 26.4 Å². The third-order valence-corrected chi connectivity index (χ3v) is 7.03. The largest absolute Gasteiger partial charge is 0.496 e. The van der Waals surface area contributed by atoms with Gasteiger partial charge < -0.3 is 29.0 Å². The number of aliphatic hydroxyl groups is 1. The van der Waals surface area contributed by atoms with E-state index in [-0.39, 0.29) is 18.1 Å². The van der Waals surface area contributed by atoms with Gasteiger partial charge in [0, 0.05) is 72.0 Å². The molecule has 3 aliphatic rings. The van der Waals surface area contributed by atoms with Gasteiger partial charge >= 0.3 is 0 Å². The Bertz CT molecular complexity index is 791. The summed E-state index contributed by atoms with van der Waals surface area (Å²) in [5, 5.41) is 10.6. The van der Waals surface area contributed by atoms with Crippen LogP contribution in [0.25, 0.3) is 0 Å². The van der Waals surface area contributed by atoms with Gasteiger partial charge in [-0.1, -0.05) is 6.07 Å². The molecule has 1 amide bonds. The van der Waals surface area contributed by atoms with Gasteiger partial charge in [-0.15, -0.1) is 0 Å². The SMILES string of the molecule is COc1cccc(OC)c1C(=O)N1CCN(C[C@@H]2CN(C[C@@H](O)CN3CCOCC3)CCO2)CC1. The molecule has 3 saturated heterocycles. The summed E-state index contributed by atoms with van der Waals surface area (Å²) in [6, 6.07) is 5.40. The molecule has 0 saturated carbocycles. The van der Waals surface area contributed by atoms with Gasteiger partial charge in [0.1, 0.15) is 17.1 Å². The Hall–Kier alpha value is -1.95. The van der Waals surface area contributed by atoms with Crippen LogP contribution in [0.3, 0.4) is 0 Å². The van der Waals surface area contributed by atoms with Crippen molar-refractivity contribution in [2.24, 2.45) is 0 Å². The number of hydrogen-bond donors (Lipinski definition) is 1. The summed E-state index contributed by atoms with van der Waals surface area (Å²) in [6.45, 7) is 10.7. The van der Waals surface area contributed by atoms with Crippen LogP contribution in [0, 0.1) is 0 Å². The number of hydrogen-bond acceptors (Lipinski definition) is 9. The quantitative estimate of drug-likeness (QED) is 0.506. The number of methoxy groups -OCH3 is 2. The van der Waals surface area contributed by atoms with Gasteiger partial charge in [-0.3, -0.25) is 19.5 Å². The summed E-state index contributed by atoms with van der Waals surface area (Å²) in [4.78, 5) is 22.0. The second-order valence-electron chi connectivity index (χ2n) is 9.45. The zero-order valence-corrected chi connectivity index (χ0v) is 21.1. The number of amides is 1. The number of rotatable bonds is 9. The van der Waals surface area contributed by atoms with Crippen LogP contribution < -0.4 is 9.47 Å². The van der Waals surface area contributed by atoms with Gasteiger partial charge in [0.25, 0.3) is 5.91 Å². The molecule has 35 heavy (non-hydrogen) atoms. The minimum Gasteiger partial charge on any atom is -0.496 e. The van der Waals surface area contributed by atoms with Gasteiger partial charge in [-0.25, -0.2) is 0 Å². The maximum atomic E-state index is 13.2. The first kappa shape index (κ1) is 26.1. The number of ether oxygens (including phenoxy) is 4. The maximum Gasteiger partial charge on any atom is 0.261 e. The third kappa shape index (κ3) is 7.05. The van der Waals surface area contributed by atoms with Crippen LogP contribution in [-0.2, 0) is 9.47 Å². The minimum absolute atomic E-state index is 0.0618. The molecule has 2 atom stereocenters. The number of piperazine rings is 1. The summed E-state index contributed by atoms with van der Waals surface area (Å²) in [5.41, 5.74) is 0.479. The van der Waals surface area contributed by atoms with E-state index in [2.05, 4.69) is 14.7 Å². The molecule has 0 aliphatic carbocycles. The average molecular weight is 493 g/mol. The minimum atomic E-state index is -0.367. The predicted octanol–water partition coefficient (Wildman–Crippen LogP) is -0.144. The third-order valence-electron chi connectivity index (χ3n) is 7.03. The number of aliphatic hydroxyl groups excluding tert-OH is 1. The number of β-amino-alcohol motifs (C(OH)–C–C–N with tert-alkyl or cyclic N) is 1. The van der Waals surface area contributed by atoms with Crippen LogP contribution in [0.5, 0.6) is 11.5 Å². The molecule has 0 bridgehead atoms. The van der Waals surface area contributed by atoms with Crippen LogP contribution in [0.1, 0.15) is 10.4 Å². The zero-order chi connectivity index (χ0) is 24.6. The number of nitrogens with zero attached hydrogens (tertiary/aromatic N) is 4. The van der Waals surface area contributed by atoms with Crippen molar-refractivity contribution in [3.63, 3.8) is 0 Å². The van der Waals surface area contributed by atoms with Gasteiger partial charge in [0.2, 0.25) is 0 Å². The van der Waals surface area contributed by atoms with Crippen LogP contribution >= 0.6 is 0 Å². The van der Waals surface area contributed by atoms with Crippen LogP contribution in [0.2, 0.25) is 0 Å². The second-order valence-corrected chi connectivity index (χ2v) is 9.45. The first-order chi connectivity index (χ1) is 17.1. The van der Waals surface area contributed by atoms with E-state index in [4.69, 9.17) is 18.9 Å². The van der Waals surface area contributed by atoms with E-state index in [1.165, 1.54) is 0 Å². The van der Waals surface area contributed by atoms with Crippen molar-refractivity contribution in [3.8, 4) is 11.5 Å². The van der Waals surface area contributed by atoms with E-state index in [0.29, 0.717) is 49.8 Å². The highest BCUT2D eigenvalue weighted by Crippen LogP contribution is 2.30. The van der Waals surface area contributed by atoms with E-state index in [0.717, 1.165) is 59.0 Å². The summed E-state index contributed by atoms with van der Waals surface area (Å²) < 4.78 is 22.3. The molecule has 0 spiro atoms. The Balaban J connectivity index is 1.22. The topological polar surface area (TPSA) is 87.2 Å². The van der Waals surface area contributed by atoms with Crippen LogP contribution in [0.4, 0.5) is 0 Å². The van der Waals surface area contributed by atoms with Crippen molar-refractivity contribution in [1.29, 1.82) is 0 Å². The Labute approximate surface area is 208 Å². The lowest BCUT2D eigenvalue weighted by molar-refractivity contribution is -0.0605. The molecule has 0 aromatic heterocycles. The highest BCUT2D eigenvalue weighted by atomic mass is 16.5. The second kappa shape index (κ2) is 12.8. The standard InChI is InChI=1S/C25H40N4O6/c1-32-22-4-3-5-23(33-2)24(22)25(31)29-8-6-26(7-9-29)18-21-19-28(12-15-35-21)17-20(30)16-27-10-13-34-14-11-27/h3-5,20-21,30H,6-19H2,1-2H3/t20-,21+/m0/s1. The van der Waals surface area contributed by atoms with Gasteiger partial charge in [0.05, 0.1) is 46.2 Å². The van der Waals surface area contributed by atoms with Crippen LogP contribution in [-0.4, -0.2) is 149 Å². The number of carbonyl (C=O) groups is 1. The number of morpholine rings is 2. The van der Waals surface area contributed by atoms with Gasteiger partial charge in [0.15, 0.2) is 0 Å². The molecule has 4 rings (SSSR count). The molecule has 196 valence electrons. The molecule has 3 aliphatic heterocycles. The Morgan fingerprint density at radius 3 is 2.23 bits per heavy atom. The molecular weight excluding hydrogens is 452 g/mol. The Kier molecular flexibility index (Phi) is 9.59. The van der Waals surface area contributed by atoms with Crippen molar-refractivity contribution in [2.45, 2.75) is 12.2 Å².